The summed E-state index contributed by atoms with van der Waals surface area (Å²) in [5.41, 5.74) is 45.9. The maximum atomic E-state index is 14.7. The minimum atomic E-state index is -1.20. The molecule has 9 fully saturated rings. The van der Waals surface area contributed by atoms with E-state index in [4.69, 9.17) is 77.5 Å². The molecule has 5 saturated carbocycles. The predicted molar refractivity (Wildman–Crippen MR) is 494 cm³/mol. The van der Waals surface area contributed by atoms with E-state index in [0.717, 1.165) is 138 Å². The fraction of sp³-hybridized carbons (Fsp3) is 0.565. The van der Waals surface area contributed by atoms with Gasteiger partial charge in [0.25, 0.3) is 22.2 Å². The third-order valence-electron chi connectivity index (χ3n) is 30.5. The number of nitrogens with zero attached hydrogens (tertiary/aromatic N) is 20. The molecule has 8 aromatic rings. The number of nitrogen functional groups attached to an aromatic ring is 2. The Morgan fingerprint density at radius 1 is 0.449 bits per heavy atom. The van der Waals surface area contributed by atoms with Crippen molar-refractivity contribution in [1.29, 1.82) is 0 Å². The lowest BCUT2D eigenvalue weighted by Gasteiger charge is -2.43. The van der Waals surface area contributed by atoms with Crippen molar-refractivity contribution in [2.45, 2.75) is 218 Å². The fourth-order valence-corrected chi connectivity index (χ4v) is 23.7. The van der Waals surface area contributed by atoms with Crippen molar-refractivity contribution >= 4 is 87.3 Å². The number of aromatic nitrogens is 12. The number of hydrogen-bond acceptors (Lipinski definition) is 27. The second kappa shape index (κ2) is 33.3. The highest BCUT2D eigenvalue weighted by Gasteiger charge is 2.55. The zero-order chi connectivity index (χ0) is 89.5. The summed E-state index contributed by atoms with van der Waals surface area (Å²) in [7, 11) is 7.09. The maximum absolute atomic E-state index is 14.7. The Hall–Kier alpha value is -10.3. The molecule has 2 unspecified atom stereocenters. The summed E-state index contributed by atoms with van der Waals surface area (Å²) < 4.78 is 35.8. The molecule has 8 aliphatic heterocycles. The predicted octanol–water partition coefficient (Wildman–Crippen LogP) is 9.02. The van der Waals surface area contributed by atoms with Crippen LogP contribution in [-0.2, 0) is 54.4 Å². The van der Waals surface area contributed by atoms with E-state index in [2.05, 4.69) is 78.7 Å². The molecule has 0 radical (unpaired) electrons. The van der Waals surface area contributed by atoms with Crippen LogP contribution in [0.5, 0.6) is 0 Å². The van der Waals surface area contributed by atoms with Gasteiger partial charge in [-0.05, 0) is 212 Å². The number of alkyl halides is 2. The average molecular weight is 1770 g/mol. The molecule has 0 bridgehead atoms. The number of fused-ring (bicyclic) bond motifs is 4. The monoisotopic (exact) mass is 1770 g/mol. The summed E-state index contributed by atoms with van der Waals surface area (Å²) in [6, 6.07) is 13.3. The SMILES string of the molecule is C[C@@H]1CCC2(CCN(c3nc4c(c(=O)n3C)C(c3ccc(N)nc3Cl)=NC4)CC2)[C@@H]1N.Cc1nc(N)ccc1C1=NCc2nc(N3CCC4(CC3)C[C@@H](C)C[C@H]4N)n(C)c(=O)c21.Cn1c(N2CCC3(CC2)CC(C)(F)C[C@H]3N)nc2c(c1=O)C(c1ccnc(NC3CC3)c1Cl)=NC2.Cn1c(N2CCC3(CC2)CC(C)(F)C[C@H]3N)nc2c(c1=O)C(c1ccncc1)=NC2. The highest BCUT2D eigenvalue weighted by atomic mass is 35.5. The second-order valence-electron chi connectivity index (χ2n) is 39.1. The number of anilines is 7. The Morgan fingerprint density at radius 3 is 1.23 bits per heavy atom. The first-order chi connectivity index (χ1) is 60.6. The quantitative estimate of drug-likeness (QED) is 0.0627. The lowest BCUT2D eigenvalue weighted by Crippen LogP contribution is -2.49. The number of rotatable bonds is 10. The van der Waals surface area contributed by atoms with E-state index >= 15 is 0 Å². The van der Waals surface area contributed by atoms with E-state index < -0.39 is 11.3 Å². The normalized spacial score (nSPS) is 26.0. The topological polar surface area (TPSA) is 422 Å². The summed E-state index contributed by atoms with van der Waals surface area (Å²) in [6.07, 6.45) is 21.3. The van der Waals surface area contributed by atoms with E-state index in [1.54, 1.807) is 96.1 Å². The standard InChI is InChI=1S/C25H31ClFN7O.C23H31N7O.C22H28ClN7O.C22H27FN6O/c1-24(27)11-17(28)25(13-24)6-9-34(10-7-25)23-32-16-12-30-20(18(16)22(35)33(23)2)15-5-8-29-21(19(15)26)31-14-3-4-14;1-13-10-17(24)23(11-13)6-8-30(9-7-23)22-28-16-12-26-20(19(16)21(31)29(22)3)15-4-5-18(25)27-14(15)2;1-12-5-6-22(18(12)25)7-9-30(10-8-22)21-27-14-11-26-17(16(14)20(31)29(21)2)13-3-4-15(24)28-19(13)23;1-21(23)11-16(24)22(13-21)5-9-29(10-6-22)20-27-15-12-26-18(14-3-7-25-8-4-14)17(15)19(30)28(20)2/h5,8,14,17H,3-4,6-7,9-13,28H2,1-2H3,(H,29,31);4-5,13,17H,6-12,24H2,1-3H3,(H2,25,27);3-4,12,18H,5-11,25H2,1-2H3,(H2,24,28);3-4,7-8,16H,5-6,9-13,24H2,1-2H3/t17-,24?;13-,17+;12-,18-;16-,21?/m1011/s1. The molecule has 0 aromatic carbocycles. The number of aryl methyl sites for hydroxylation is 1. The number of pyridine rings is 4. The highest BCUT2D eigenvalue weighted by molar-refractivity contribution is 6.38. The van der Waals surface area contributed by atoms with E-state index in [9.17, 15) is 28.0 Å². The zero-order valence-electron chi connectivity index (χ0n) is 74.1. The molecule has 4 saturated heterocycles. The number of aliphatic imine (C=N–C) groups is 4. The minimum absolute atomic E-state index is 0.0565. The van der Waals surface area contributed by atoms with Crippen LogP contribution in [0.4, 0.5) is 50.0 Å². The molecule has 16 heterocycles. The molecule has 21 rings (SSSR count). The highest BCUT2D eigenvalue weighted by Crippen LogP contribution is 2.55. The first-order valence-corrected chi connectivity index (χ1v) is 45.8. The van der Waals surface area contributed by atoms with Crippen LogP contribution in [0, 0.1) is 40.4 Å². The zero-order valence-corrected chi connectivity index (χ0v) is 75.6. The van der Waals surface area contributed by atoms with Crippen molar-refractivity contribution < 1.29 is 8.78 Å². The van der Waals surface area contributed by atoms with Gasteiger partial charge in [-0.25, -0.2) is 43.7 Å². The van der Waals surface area contributed by atoms with E-state index in [1.807, 2.05) is 32.2 Å². The first-order valence-electron chi connectivity index (χ1n) is 45.0. The summed E-state index contributed by atoms with van der Waals surface area (Å²) in [4.78, 5) is 117. The van der Waals surface area contributed by atoms with Gasteiger partial charge in [-0.2, -0.15) is 0 Å². The molecule has 4 spiro atoms. The van der Waals surface area contributed by atoms with Crippen molar-refractivity contribution in [3.05, 3.63) is 186 Å². The fourth-order valence-electron chi connectivity index (χ4n) is 23.2. The van der Waals surface area contributed by atoms with Crippen molar-refractivity contribution in [3.63, 3.8) is 0 Å². The lowest BCUT2D eigenvalue weighted by molar-refractivity contribution is 0.141. The van der Waals surface area contributed by atoms with Gasteiger partial charge in [0, 0.05) is 157 Å². The molecule has 0 amide bonds. The molecule has 5 aliphatic carbocycles. The second-order valence-corrected chi connectivity index (χ2v) is 39.8. The number of nitrogens with one attached hydrogen (secondary N) is 1. The van der Waals surface area contributed by atoms with Gasteiger partial charge in [0.2, 0.25) is 23.8 Å². The van der Waals surface area contributed by atoms with Gasteiger partial charge < -0.3 is 59.3 Å². The molecule has 672 valence electrons. The largest absolute Gasteiger partial charge is 0.384 e. The summed E-state index contributed by atoms with van der Waals surface area (Å²) in [5, 5.41) is 4.06. The van der Waals surface area contributed by atoms with Crippen LogP contribution in [0.2, 0.25) is 10.2 Å². The van der Waals surface area contributed by atoms with Crippen LogP contribution in [0.1, 0.15) is 216 Å². The van der Waals surface area contributed by atoms with Crippen LogP contribution in [0.3, 0.4) is 0 Å². The molecule has 31 nitrogen and oxygen atoms in total. The summed E-state index contributed by atoms with van der Waals surface area (Å²) in [5.74, 6) is 5.43. The third kappa shape index (κ3) is 16.0. The van der Waals surface area contributed by atoms with Crippen molar-refractivity contribution in [3.8, 4) is 0 Å². The van der Waals surface area contributed by atoms with Gasteiger partial charge in [0.15, 0.2) is 0 Å². The van der Waals surface area contributed by atoms with Gasteiger partial charge in [-0.1, -0.05) is 37.0 Å². The Kier molecular flexibility index (Phi) is 22.9. The van der Waals surface area contributed by atoms with Crippen LogP contribution in [0.15, 0.2) is 100 Å². The lowest BCUT2D eigenvalue weighted by atomic mass is 9.73. The molecular weight excluding hydrogens is 1660 g/mol. The Morgan fingerprint density at radius 2 is 0.843 bits per heavy atom. The number of piperidine rings is 4. The number of nitrogens with two attached hydrogens (primary N) is 6. The molecule has 13 N–H and O–H groups in total. The molecule has 8 atom stereocenters. The molecule has 35 heteroatoms. The average Bonchev–Trinajstić information content (AvgIpc) is 1.52. The van der Waals surface area contributed by atoms with Gasteiger partial charge in [0.1, 0.15) is 33.9 Å². The van der Waals surface area contributed by atoms with Gasteiger partial charge >= 0.3 is 0 Å². The van der Waals surface area contributed by atoms with Gasteiger partial charge in [-0.3, -0.25) is 62.4 Å². The van der Waals surface area contributed by atoms with Crippen LogP contribution < -0.4 is 81.6 Å². The molecular formula is C92H117Cl2F2N27O4. The number of halogens is 4. The molecule has 127 heavy (non-hydrogen) atoms. The van der Waals surface area contributed by atoms with Crippen LogP contribution in [0.25, 0.3) is 0 Å². The first kappa shape index (κ1) is 87.4. The van der Waals surface area contributed by atoms with Gasteiger partial charge in [-0.15, -0.1) is 0 Å². The van der Waals surface area contributed by atoms with Crippen LogP contribution in [-0.4, -0.2) is 175 Å². The Balaban J connectivity index is 0.000000115. The van der Waals surface area contributed by atoms with E-state index in [0.29, 0.717) is 196 Å². The van der Waals surface area contributed by atoms with Crippen LogP contribution >= 0.6 is 23.2 Å². The third-order valence-corrected chi connectivity index (χ3v) is 31.1. The maximum Gasteiger partial charge on any atom is 0.264 e. The molecule has 8 aromatic heterocycles. The summed E-state index contributed by atoms with van der Waals surface area (Å²) >= 11 is 13.0. The summed E-state index contributed by atoms with van der Waals surface area (Å²) in [6.45, 7) is 17.6. The smallest absolute Gasteiger partial charge is 0.264 e. The van der Waals surface area contributed by atoms with E-state index in [1.165, 1.54) is 19.3 Å². The minimum Gasteiger partial charge on any atom is -0.384 e. The van der Waals surface area contributed by atoms with Crippen molar-refractivity contribution in [1.82, 2.24) is 58.1 Å². The van der Waals surface area contributed by atoms with Crippen molar-refractivity contribution in [2.24, 2.45) is 105 Å². The van der Waals surface area contributed by atoms with Crippen molar-refractivity contribution in [2.75, 3.05) is 88.7 Å². The van der Waals surface area contributed by atoms with E-state index in [-0.39, 0.29) is 73.2 Å². The molecule has 13 aliphatic rings. The number of hydrogen-bond donors (Lipinski definition) is 7. The van der Waals surface area contributed by atoms with Gasteiger partial charge in [0.05, 0.1) is 99.1 Å². The Bertz CT molecular complexity index is 5910. The Labute approximate surface area is 746 Å².